The molecule has 1 unspecified atom stereocenters. The fourth-order valence-electron chi connectivity index (χ4n) is 2.21. The van der Waals surface area contributed by atoms with E-state index in [1.54, 1.807) is 0 Å². The van der Waals surface area contributed by atoms with Crippen molar-refractivity contribution in [1.29, 1.82) is 0 Å². The van der Waals surface area contributed by atoms with Crippen LogP contribution < -0.4 is 5.32 Å². The molecule has 114 valence electrons. The van der Waals surface area contributed by atoms with Gasteiger partial charge in [0.05, 0.1) is 0 Å². The van der Waals surface area contributed by atoms with Crippen LogP contribution in [0.3, 0.4) is 0 Å². The molecule has 0 fully saturated rings. The van der Waals surface area contributed by atoms with E-state index in [9.17, 15) is 4.79 Å². The van der Waals surface area contributed by atoms with Gasteiger partial charge in [-0.1, -0.05) is 58.3 Å². The molecule has 3 heteroatoms. The van der Waals surface area contributed by atoms with Gasteiger partial charge in [0.25, 0.3) is 0 Å². The Morgan fingerprint density at radius 3 is 2.05 bits per heavy atom. The minimum absolute atomic E-state index is 0.0936. The first-order valence-electron chi connectivity index (χ1n) is 8.11. The zero-order chi connectivity index (χ0) is 14.3. The van der Waals surface area contributed by atoms with E-state index in [2.05, 4.69) is 12.2 Å². The normalized spacial score (nSPS) is 12.4. The second-order valence-corrected chi connectivity index (χ2v) is 5.56. The van der Waals surface area contributed by atoms with Crippen molar-refractivity contribution in [3.8, 4) is 0 Å². The lowest BCUT2D eigenvalue weighted by molar-refractivity contribution is -0.121. The van der Waals surface area contributed by atoms with Crippen LogP contribution in [-0.4, -0.2) is 23.7 Å². The highest BCUT2D eigenvalue weighted by atomic mass is 16.3. The summed E-state index contributed by atoms with van der Waals surface area (Å²) in [5.41, 5.74) is 0. The molecule has 19 heavy (non-hydrogen) atoms. The summed E-state index contributed by atoms with van der Waals surface area (Å²) >= 11 is 0. The lowest BCUT2D eigenvalue weighted by Gasteiger charge is -2.12. The Kier molecular flexibility index (Phi) is 13.4. The monoisotopic (exact) mass is 271 g/mol. The van der Waals surface area contributed by atoms with E-state index in [0.29, 0.717) is 12.8 Å². The summed E-state index contributed by atoms with van der Waals surface area (Å²) in [6.45, 7) is 4.32. The van der Waals surface area contributed by atoms with Crippen molar-refractivity contribution in [3.05, 3.63) is 0 Å². The largest absolute Gasteiger partial charge is 0.396 e. The molecule has 0 saturated heterocycles. The van der Waals surface area contributed by atoms with E-state index in [1.807, 2.05) is 6.92 Å². The van der Waals surface area contributed by atoms with E-state index in [0.717, 1.165) is 12.8 Å². The highest BCUT2D eigenvalue weighted by molar-refractivity contribution is 5.76. The molecule has 0 aromatic heterocycles. The minimum Gasteiger partial charge on any atom is -0.396 e. The van der Waals surface area contributed by atoms with Crippen molar-refractivity contribution in [3.63, 3.8) is 0 Å². The molecule has 1 atom stereocenters. The molecule has 0 saturated carbocycles. The number of hydrogen-bond donors (Lipinski definition) is 2. The summed E-state index contributed by atoms with van der Waals surface area (Å²) in [5, 5.41) is 11.7. The summed E-state index contributed by atoms with van der Waals surface area (Å²) < 4.78 is 0. The van der Waals surface area contributed by atoms with E-state index < -0.39 is 0 Å². The van der Waals surface area contributed by atoms with Crippen LogP contribution in [0.4, 0.5) is 0 Å². The Balaban J connectivity index is 3.23. The number of unbranched alkanes of at least 4 members (excludes halogenated alkanes) is 8. The van der Waals surface area contributed by atoms with Gasteiger partial charge in [-0.25, -0.2) is 0 Å². The van der Waals surface area contributed by atoms with Crippen LogP contribution in [0.15, 0.2) is 0 Å². The van der Waals surface area contributed by atoms with Crippen LogP contribution in [-0.2, 0) is 4.79 Å². The molecule has 0 bridgehead atoms. The van der Waals surface area contributed by atoms with Crippen molar-refractivity contribution < 1.29 is 9.90 Å². The Bertz CT molecular complexity index is 207. The van der Waals surface area contributed by atoms with Crippen LogP contribution in [0.1, 0.15) is 84.5 Å². The van der Waals surface area contributed by atoms with Crippen molar-refractivity contribution >= 4 is 5.91 Å². The van der Waals surface area contributed by atoms with Gasteiger partial charge in [0.1, 0.15) is 0 Å². The average Bonchev–Trinajstić information content (AvgIpc) is 2.37. The van der Waals surface area contributed by atoms with Gasteiger partial charge in [-0.15, -0.1) is 0 Å². The number of aliphatic hydroxyl groups excluding tert-OH is 1. The van der Waals surface area contributed by atoms with Crippen LogP contribution >= 0.6 is 0 Å². The number of nitrogens with one attached hydrogen (secondary N) is 1. The number of aliphatic hydroxyl groups is 1. The highest BCUT2D eigenvalue weighted by Gasteiger charge is 2.05. The Hall–Kier alpha value is -0.570. The first-order chi connectivity index (χ1) is 9.20. The first kappa shape index (κ1) is 18.4. The molecule has 0 aliphatic rings. The summed E-state index contributed by atoms with van der Waals surface area (Å²) in [6, 6.07) is 0.0936. The van der Waals surface area contributed by atoms with Gasteiger partial charge >= 0.3 is 0 Å². The van der Waals surface area contributed by atoms with Crippen molar-refractivity contribution in [2.45, 2.75) is 90.5 Å². The summed E-state index contributed by atoms with van der Waals surface area (Å²) in [5.74, 6) is 0.129. The molecule has 0 aromatic carbocycles. The standard InChI is InChI=1S/C16H33NO2/c1-3-4-5-6-7-8-9-10-11-12-16(19)17-15(2)13-14-18/h15,18H,3-14H2,1-2H3,(H,17,19). The molecule has 0 aliphatic heterocycles. The SMILES string of the molecule is CCCCCCCCCCCC(=O)NC(C)CCO. The second kappa shape index (κ2) is 13.9. The third-order valence-corrected chi connectivity index (χ3v) is 3.48. The predicted molar refractivity (Wildman–Crippen MR) is 81.2 cm³/mol. The van der Waals surface area contributed by atoms with Crippen LogP contribution in [0.25, 0.3) is 0 Å². The summed E-state index contributed by atoms with van der Waals surface area (Å²) in [4.78, 5) is 11.5. The molecule has 0 radical (unpaired) electrons. The van der Waals surface area contributed by atoms with Crippen LogP contribution in [0.2, 0.25) is 0 Å². The van der Waals surface area contributed by atoms with E-state index in [1.165, 1.54) is 44.9 Å². The number of hydrogen-bond acceptors (Lipinski definition) is 2. The van der Waals surface area contributed by atoms with Gasteiger partial charge < -0.3 is 10.4 Å². The Morgan fingerprint density at radius 1 is 1.00 bits per heavy atom. The van der Waals surface area contributed by atoms with Gasteiger partial charge in [0.2, 0.25) is 5.91 Å². The highest BCUT2D eigenvalue weighted by Crippen LogP contribution is 2.10. The van der Waals surface area contributed by atoms with E-state index in [4.69, 9.17) is 5.11 Å². The Labute approximate surface area is 119 Å². The lowest BCUT2D eigenvalue weighted by Crippen LogP contribution is -2.32. The fraction of sp³-hybridized carbons (Fsp3) is 0.938. The maximum absolute atomic E-state index is 11.5. The number of amides is 1. The van der Waals surface area contributed by atoms with Crippen LogP contribution in [0.5, 0.6) is 0 Å². The second-order valence-electron chi connectivity index (χ2n) is 5.56. The average molecular weight is 271 g/mol. The third-order valence-electron chi connectivity index (χ3n) is 3.48. The maximum Gasteiger partial charge on any atom is 0.220 e. The topological polar surface area (TPSA) is 49.3 Å². The van der Waals surface area contributed by atoms with Gasteiger partial charge in [-0.05, 0) is 19.8 Å². The molecule has 0 aliphatic carbocycles. The summed E-state index contributed by atoms with van der Waals surface area (Å²) in [7, 11) is 0. The number of carbonyl (C=O) groups excluding carboxylic acids is 1. The van der Waals surface area contributed by atoms with Crippen LogP contribution in [0, 0.1) is 0 Å². The molecule has 2 N–H and O–H groups in total. The molecule has 0 heterocycles. The van der Waals surface area contributed by atoms with Gasteiger partial charge in [-0.3, -0.25) is 4.79 Å². The first-order valence-corrected chi connectivity index (χ1v) is 8.11. The zero-order valence-corrected chi connectivity index (χ0v) is 12.9. The van der Waals surface area contributed by atoms with Crippen molar-refractivity contribution in [1.82, 2.24) is 5.32 Å². The number of rotatable bonds is 13. The fourth-order valence-corrected chi connectivity index (χ4v) is 2.21. The molecule has 3 nitrogen and oxygen atoms in total. The molecule has 1 amide bonds. The molecular weight excluding hydrogens is 238 g/mol. The number of carbonyl (C=O) groups is 1. The smallest absolute Gasteiger partial charge is 0.220 e. The Morgan fingerprint density at radius 2 is 1.53 bits per heavy atom. The van der Waals surface area contributed by atoms with Gasteiger partial charge in [0.15, 0.2) is 0 Å². The van der Waals surface area contributed by atoms with E-state index in [-0.39, 0.29) is 18.6 Å². The lowest BCUT2D eigenvalue weighted by atomic mass is 10.1. The minimum atomic E-state index is 0.0936. The van der Waals surface area contributed by atoms with E-state index >= 15 is 0 Å². The predicted octanol–water partition coefficient (Wildman–Crippen LogP) is 3.79. The molecule has 0 spiro atoms. The molecular formula is C16H33NO2. The third kappa shape index (κ3) is 13.7. The quantitative estimate of drug-likeness (QED) is 0.501. The molecule has 0 aromatic rings. The van der Waals surface area contributed by atoms with Crippen molar-refractivity contribution in [2.24, 2.45) is 0 Å². The zero-order valence-electron chi connectivity index (χ0n) is 12.9. The maximum atomic E-state index is 11.5. The van der Waals surface area contributed by atoms with Gasteiger partial charge in [0, 0.05) is 19.1 Å². The molecule has 0 rings (SSSR count). The summed E-state index contributed by atoms with van der Waals surface area (Å²) in [6.07, 6.45) is 12.8. The van der Waals surface area contributed by atoms with Gasteiger partial charge in [-0.2, -0.15) is 0 Å². The van der Waals surface area contributed by atoms with Crippen molar-refractivity contribution in [2.75, 3.05) is 6.61 Å².